The van der Waals surface area contributed by atoms with Gasteiger partial charge in [0, 0.05) is 4.47 Å². The number of rotatable bonds is 4. The third-order valence-corrected chi connectivity index (χ3v) is 3.32. The van der Waals surface area contributed by atoms with Crippen molar-refractivity contribution < 1.29 is 14.6 Å². The maximum atomic E-state index is 11.5. The molecule has 2 aromatic rings. The predicted octanol–water partition coefficient (Wildman–Crippen LogP) is 4.08. The Bertz CT molecular complexity index is 645. The number of benzene rings is 2. The van der Waals surface area contributed by atoms with E-state index in [1.807, 2.05) is 24.3 Å². The lowest BCUT2D eigenvalue weighted by molar-refractivity contribution is -0.130. The van der Waals surface area contributed by atoms with Gasteiger partial charge >= 0.3 is 5.97 Å². The van der Waals surface area contributed by atoms with E-state index in [2.05, 4.69) is 15.9 Å². The van der Waals surface area contributed by atoms with Gasteiger partial charge in [0.25, 0.3) is 0 Å². The highest BCUT2D eigenvalue weighted by Crippen LogP contribution is 2.23. The van der Waals surface area contributed by atoms with Crippen molar-refractivity contribution in [2.75, 3.05) is 7.11 Å². The summed E-state index contributed by atoms with van der Waals surface area (Å²) in [6.45, 7) is 0. The summed E-state index contributed by atoms with van der Waals surface area (Å²) in [5.74, 6) is -0.341. The third-order valence-electron chi connectivity index (χ3n) is 2.79. The number of hydrogen-bond donors (Lipinski definition) is 1. The standard InChI is InChI=1S/C16H13BrO3/c1-20-14-4-2-3-12(10-14)15(16(18)19)9-11-5-7-13(17)8-6-11/h2-10H,1H3,(H,18,19)/b15-9-. The van der Waals surface area contributed by atoms with Crippen molar-refractivity contribution in [3.05, 3.63) is 64.1 Å². The highest BCUT2D eigenvalue weighted by Gasteiger charge is 2.11. The summed E-state index contributed by atoms with van der Waals surface area (Å²) >= 11 is 3.35. The Balaban J connectivity index is 2.45. The number of methoxy groups -OCH3 is 1. The van der Waals surface area contributed by atoms with Crippen LogP contribution >= 0.6 is 15.9 Å². The van der Waals surface area contributed by atoms with Crippen LogP contribution in [0, 0.1) is 0 Å². The van der Waals surface area contributed by atoms with Crippen LogP contribution in [0.3, 0.4) is 0 Å². The Labute approximate surface area is 125 Å². The minimum atomic E-state index is -0.971. The van der Waals surface area contributed by atoms with E-state index in [4.69, 9.17) is 4.74 Å². The molecule has 20 heavy (non-hydrogen) atoms. The van der Waals surface area contributed by atoms with Crippen LogP contribution in [0.25, 0.3) is 11.6 Å². The maximum absolute atomic E-state index is 11.5. The topological polar surface area (TPSA) is 46.5 Å². The first-order valence-electron chi connectivity index (χ1n) is 5.95. The highest BCUT2D eigenvalue weighted by atomic mass is 79.9. The Morgan fingerprint density at radius 1 is 1.20 bits per heavy atom. The maximum Gasteiger partial charge on any atom is 0.336 e. The van der Waals surface area contributed by atoms with Crippen LogP contribution in [0.5, 0.6) is 5.75 Å². The second-order valence-electron chi connectivity index (χ2n) is 4.15. The molecule has 0 bridgehead atoms. The summed E-state index contributed by atoms with van der Waals surface area (Å²) in [5.41, 5.74) is 1.67. The molecule has 0 amide bonds. The molecule has 0 aromatic heterocycles. The lowest BCUT2D eigenvalue weighted by Gasteiger charge is -2.06. The summed E-state index contributed by atoms with van der Waals surface area (Å²) in [4.78, 5) is 11.5. The van der Waals surface area contributed by atoms with Gasteiger partial charge in [-0.2, -0.15) is 0 Å². The fourth-order valence-corrected chi connectivity index (χ4v) is 2.05. The van der Waals surface area contributed by atoms with E-state index < -0.39 is 5.97 Å². The van der Waals surface area contributed by atoms with Crippen LogP contribution in [-0.2, 0) is 4.79 Å². The first-order chi connectivity index (χ1) is 9.60. The molecule has 0 unspecified atom stereocenters. The summed E-state index contributed by atoms with van der Waals surface area (Å²) in [5, 5.41) is 9.39. The average Bonchev–Trinajstić information content (AvgIpc) is 2.46. The lowest BCUT2D eigenvalue weighted by atomic mass is 10.0. The van der Waals surface area contributed by atoms with Gasteiger partial charge in [-0.3, -0.25) is 0 Å². The minimum Gasteiger partial charge on any atom is -0.497 e. The van der Waals surface area contributed by atoms with Gasteiger partial charge in [-0.1, -0.05) is 40.2 Å². The van der Waals surface area contributed by atoms with Crippen molar-refractivity contribution in [2.24, 2.45) is 0 Å². The Morgan fingerprint density at radius 3 is 2.50 bits per heavy atom. The predicted molar refractivity (Wildman–Crippen MR) is 82.6 cm³/mol. The van der Waals surface area contributed by atoms with E-state index in [0.717, 1.165) is 10.0 Å². The molecule has 0 atom stereocenters. The van der Waals surface area contributed by atoms with Gasteiger partial charge in [0.2, 0.25) is 0 Å². The van der Waals surface area contributed by atoms with Gasteiger partial charge < -0.3 is 9.84 Å². The van der Waals surface area contributed by atoms with Crippen molar-refractivity contribution in [2.45, 2.75) is 0 Å². The first-order valence-corrected chi connectivity index (χ1v) is 6.74. The molecule has 0 heterocycles. The van der Waals surface area contributed by atoms with Gasteiger partial charge in [-0.25, -0.2) is 4.79 Å². The van der Waals surface area contributed by atoms with Crippen LogP contribution in [0.15, 0.2) is 53.0 Å². The molecule has 0 spiro atoms. The molecule has 1 N–H and O–H groups in total. The molecule has 2 rings (SSSR count). The van der Waals surface area contributed by atoms with E-state index in [9.17, 15) is 9.90 Å². The monoisotopic (exact) mass is 332 g/mol. The normalized spacial score (nSPS) is 11.2. The molecule has 2 aromatic carbocycles. The SMILES string of the molecule is COc1cccc(/C(=C/c2ccc(Br)cc2)C(=O)O)c1. The summed E-state index contributed by atoms with van der Waals surface area (Å²) in [6.07, 6.45) is 1.64. The van der Waals surface area contributed by atoms with Crippen molar-refractivity contribution in [1.29, 1.82) is 0 Å². The van der Waals surface area contributed by atoms with Gasteiger partial charge in [0.1, 0.15) is 5.75 Å². The smallest absolute Gasteiger partial charge is 0.336 e. The molecule has 4 heteroatoms. The Hall–Kier alpha value is -2.07. The van der Waals surface area contributed by atoms with E-state index in [1.54, 1.807) is 37.5 Å². The third kappa shape index (κ3) is 3.48. The highest BCUT2D eigenvalue weighted by molar-refractivity contribution is 9.10. The van der Waals surface area contributed by atoms with Crippen LogP contribution in [0.2, 0.25) is 0 Å². The summed E-state index contributed by atoms with van der Waals surface area (Å²) in [7, 11) is 1.55. The number of carbonyl (C=O) groups is 1. The Morgan fingerprint density at radius 2 is 1.90 bits per heavy atom. The van der Waals surface area contributed by atoms with E-state index in [-0.39, 0.29) is 5.57 Å². The van der Waals surface area contributed by atoms with Gasteiger partial charge in [-0.05, 0) is 41.5 Å². The van der Waals surface area contributed by atoms with Gasteiger partial charge in [-0.15, -0.1) is 0 Å². The molecular weight excluding hydrogens is 320 g/mol. The fourth-order valence-electron chi connectivity index (χ4n) is 1.78. The van der Waals surface area contributed by atoms with Crippen LogP contribution in [-0.4, -0.2) is 18.2 Å². The van der Waals surface area contributed by atoms with E-state index in [0.29, 0.717) is 11.3 Å². The number of carboxylic acids is 1. The number of ether oxygens (including phenoxy) is 1. The number of carboxylic acid groups (broad SMARTS) is 1. The van der Waals surface area contributed by atoms with Crippen molar-refractivity contribution in [1.82, 2.24) is 0 Å². The molecule has 0 aliphatic heterocycles. The molecule has 0 aliphatic rings. The molecule has 0 saturated carbocycles. The zero-order valence-corrected chi connectivity index (χ0v) is 12.4. The average molecular weight is 333 g/mol. The summed E-state index contributed by atoms with van der Waals surface area (Å²) in [6, 6.07) is 14.5. The lowest BCUT2D eigenvalue weighted by Crippen LogP contribution is -2.00. The molecule has 102 valence electrons. The second kappa shape index (κ2) is 6.39. The van der Waals surface area contributed by atoms with Crippen molar-refractivity contribution >= 4 is 33.5 Å². The van der Waals surface area contributed by atoms with Crippen LogP contribution in [0.1, 0.15) is 11.1 Å². The molecule has 0 radical (unpaired) electrons. The van der Waals surface area contributed by atoms with Gasteiger partial charge in [0.15, 0.2) is 0 Å². The van der Waals surface area contributed by atoms with Crippen LogP contribution < -0.4 is 4.74 Å². The molecule has 0 aliphatic carbocycles. The summed E-state index contributed by atoms with van der Waals surface area (Å²) < 4.78 is 6.08. The van der Waals surface area contributed by atoms with Gasteiger partial charge in [0.05, 0.1) is 12.7 Å². The van der Waals surface area contributed by atoms with Crippen molar-refractivity contribution in [3.63, 3.8) is 0 Å². The van der Waals surface area contributed by atoms with E-state index in [1.165, 1.54) is 0 Å². The fraction of sp³-hybridized carbons (Fsp3) is 0.0625. The number of halogens is 1. The largest absolute Gasteiger partial charge is 0.497 e. The molecule has 3 nitrogen and oxygen atoms in total. The molecule has 0 fully saturated rings. The zero-order chi connectivity index (χ0) is 14.5. The minimum absolute atomic E-state index is 0.228. The molecule has 0 saturated heterocycles. The number of aliphatic carboxylic acids is 1. The quantitative estimate of drug-likeness (QED) is 0.677. The second-order valence-corrected chi connectivity index (χ2v) is 5.06. The Kier molecular flexibility index (Phi) is 4.58. The molecular formula is C16H13BrO3. The van der Waals surface area contributed by atoms with Crippen molar-refractivity contribution in [3.8, 4) is 5.75 Å². The van der Waals surface area contributed by atoms with Crippen LogP contribution in [0.4, 0.5) is 0 Å². The van der Waals surface area contributed by atoms with E-state index >= 15 is 0 Å². The zero-order valence-electron chi connectivity index (χ0n) is 10.8. The number of hydrogen-bond acceptors (Lipinski definition) is 2. The first kappa shape index (κ1) is 14.3.